The number of esters is 1. The van der Waals surface area contributed by atoms with Gasteiger partial charge in [-0.15, -0.1) is 0 Å². The van der Waals surface area contributed by atoms with Crippen molar-refractivity contribution in [2.24, 2.45) is 0 Å². The van der Waals surface area contributed by atoms with Gasteiger partial charge >= 0.3 is 5.97 Å². The quantitative estimate of drug-likeness (QED) is 0.478. The van der Waals surface area contributed by atoms with E-state index in [1.165, 1.54) is 36.4 Å². The maximum Gasteiger partial charge on any atom is 0.340 e. The molecule has 7 heteroatoms. The maximum absolute atomic E-state index is 12.8. The lowest BCUT2D eigenvalue weighted by molar-refractivity contribution is 0.0224. The van der Waals surface area contributed by atoms with E-state index < -0.39 is 16.8 Å². The van der Waals surface area contributed by atoms with Crippen LogP contribution in [0.3, 0.4) is 0 Å². The summed E-state index contributed by atoms with van der Waals surface area (Å²) >= 11 is 5.56. The molecule has 0 radical (unpaired) electrons. The summed E-state index contributed by atoms with van der Waals surface area (Å²) in [5, 5.41) is 19.1. The first kappa shape index (κ1) is 16.6. The van der Waals surface area contributed by atoms with Crippen LogP contribution < -0.4 is 4.74 Å². The van der Waals surface area contributed by atoms with Gasteiger partial charge < -0.3 is 19.7 Å². The zero-order valence-corrected chi connectivity index (χ0v) is 14.9. The number of carbonyl (C=O) groups excluding carboxylic acids is 2. The summed E-state index contributed by atoms with van der Waals surface area (Å²) < 4.78 is 11.7. The minimum absolute atomic E-state index is 0.0230. The van der Waals surface area contributed by atoms with E-state index in [1.807, 2.05) is 0 Å². The Morgan fingerprint density at radius 1 is 0.857 bits per heavy atom. The Balaban J connectivity index is 1.87. The summed E-state index contributed by atoms with van der Waals surface area (Å²) in [7, 11) is 0. The molecule has 5 rings (SSSR count). The summed E-state index contributed by atoms with van der Waals surface area (Å²) in [4.78, 5) is 24.3. The third kappa shape index (κ3) is 2.09. The molecule has 0 unspecified atom stereocenters. The molecule has 0 saturated carbocycles. The molecule has 0 amide bonds. The standard InChI is InChI=1S/C21H11ClO6/c22-19(25)10-1-4-14-13(7-10)20(26)28-21(14)15-5-2-11(23)8-17(15)27-18-9-12(24)3-6-16(18)21/h1-9,23-24H. The average Bonchev–Trinajstić information content (AvgIpc) is 2.94. The molecular weight excluding hydrogens is 384 g/mol. The van der Waals surface area contributed by atoms with Crippen LogP contribution in [0.1, 0.15) is 37.4 Å². The van der Waals surface area contributed by atoms with E-state index in [1.54, 1.807) is 18.2 Å². The van der Waals surface area contributed by atoms with Crippen LogP contribution in [0.25, 0.3) is 0 Å². The van der Waals surface area contributed by atoms with Crippen LogP contribution in [0.2, 0.25) is 0 Å². The third-order valence-corrected chi connectivity index (χ3v) is 5.22. The van der Waals surface area contributed by atoms with Crippen LogP contribution in [0.5, 0.6) is 23.0 Å². The van der Waals surface area contributed by atoms with Crippen LogP contribution in [0.4, 0.5) is 0 Å². The molecule has 2 heterocycles. The second-order valence-corrected chi connectivity index (χ2v) is 6.91. The van der Waals surface area contributed by atoms with Gasteiger partial charge in [-0.05, 0) is 48.0 Å². The molecule has 28 heavy (non-hydrogen) atoms. The number of benzene rings is 3. The Labute approximate surface area is 163 Å². The Kier molecular flexibility index (Phi) is 3.27. The predicted molar refractivity (Wildman–Crippen MR) is 98.2 cm³/mol. The molecule has 6 nitrogen and oxygen atoms in total. The fraction of sp³-hybridized carbons (Fsp3) is 0.0476. The van der Waals surface area contributed by atoms with Crippen LogP contribution in [-0.4, -0.2) is 21.4 Å². The lowest BCUT2D eigenvalue weighted by atomic mass is 9.77. The van der Waals surface area contributed by atoms with Crippen molar-refractivity contribution in [1.82, 2.24) is 0 Å². The summed E-state index contributed by atoms with van der Waals surface area (Å²) in [6.07, 6.45) is 0. The molecule has 3 aromatic carbocycles. The Morgan fingerprint density at radius 3 is 2.00 bits per heavy atom. The van der Waals surface area contributed by atoms with E-state index in [0.717, 1.165) is 0 Å². The van der Waals surface area contributed by atoms with Gasteiger partial charge in [0, 0.05) is 34.4 Å². The molecule has 3 aromatic rings. The van der Waals surface area contributed by atoms with Gasteiger partial charge in [0.05, 0.1) is 5.56 Å². The summed E-state index contributed by atoms with van der Waals surface area (Å²) in [5.41, 5.74) is 0.595. The number of fused-ring (bicyclic) bond motifs is 6. The van der Waals surface area contributed by atoms with Gasteiger partial charge in [-0.3, -0.25) is 4.79 Å². The smallest absolute Gasteiger partial charge is 0.340 e. The van der Waals surface area contributed by atoms with Crippen molar-refractivity contribution >= 4 is 22.8 Å². The lowest BCUT2D eigenvalue weighted by Crippen LogP contribution is -2.32. The molecule has 0 bridgehead atoms. The number of rotatable bonds is 1. The zero-order valence-electron chi connectivity index (χ0n) is 14.1. The molecule has 2 N–H and O–H groups in total. The van der Waals surface area contributed by atoms with E-state index in [0.29, 0.717) is 16.7 Å². The number of halogens is 1. The van der Waals surface area contributed by atoms with Crippen molar-refractivity contribution < 1.29 is 29.3 Å². The van der Waals surface area contributed by atoms with Crippen LogP contribution in [0.15, 0.2) is 54.6 Å². The van der Waals surface area contributed by atoms with Gasteiger partial charge in [0.1, 0.15) is 23.0 Å². The highest BCUT2D eigenvalue weighted by atomic mass is 35.5. The van der Waals surface area contributed by atoms with Gasteiger partial charge in [-0.25, -0.2) is 4.79 Å². The molecule has 0 atom stereocenters. The van der Waals surface area contributed by atoms with Gasteiger partial charge in [-0.2, -0.15) is 0 Å². The summed E-state index contributed by atoms with van der Waals surface area (Å²) in [5.74, 6) is -0.0857. The second kappa shape index (κ2) is 5.50. The summed E-state index contributed by atoms with van der Waals surface area (Å²) in [6, 6.07) is 13.5. The molecule has 0 aliphatic carbocycles. The van der Waals surface area contributed by atoms with Crippen LogP contribution in [-0.2, 0) is 10.3 Å². The number of hydrogen-bond acceptors (Lipinski definition) is 6. The fourth-order valence-electron chi connectivity index (χ4n) is 3.83. The topological polar surface area (TPSA) is 93.1 Å². The monoisotopic (exact) mass is 394 g/mol. The average molecular weight is 395 g/mol. The number of carbonyl (C=O) groups is 2. The van der Waals surface area contributed by atoms with E-state index in [2.05, 4.69) is 0 Å². The Bertz CT molecular complexity index is 1150. The maximum atomic E-state index is 12.8. The Morgan fingerprint density at radius 2 is 1.43 bits per heavy atom. The third-order valence-electron chi connectivity index (χ3n) is 5.00. The van der Waals surface area contributed by atoms with Gasteiger partial charge in [0.25, 0.3) is 5.24 Å². The second-order valence-electron chi connectivity index (χ2n) is 6.57. The van der Waals surface area contributed by atoms with Crippen molar-refractivity contribution in [3.8, 4) is 23.0 Å². The minimum Gasteiger partial charge on any atom is -0.508 e. The fourth-order valence-corrected chi connectivity index (χ4v) is 3.95. The van der Waals surface area contributed by atoms with Crippen LogP contribution >= 0.6 is 11.6 Å². The number of ether oxygens (including phenoxy) is 2. The first-order chi connectivity index (χ1) is 13.4. The van der Waals surface area contributed by atoms with E-state index in [9.17, 15) is 19.8 Å². The number of hydrogen-bond donors (Lipinski definition) is 2. The molecule has 0 saturated heterocycles. The van der Waals surface area contributed by atoms with Crippen molar-refractivity contribution in [3.05, 3.63) is 82.4 Å². The van der Waals surface area contributed by atoms with Crippen molar-refractivity contribution in [1.29, 1.82) is 0 Å². The van der Waals surface area contributed by atoms with E-state index >= 15 is 0 Å². The van der Waals surface area contributed by atoms with E-state index in [4.69, 9.17) is 21.1 Å². The Hall–Kier alpha value is -3.51. The van der Waals surface area contributed by atoms with Crippen molar-refractivity contribution in [3.63, 3.8) is 0 Å². The van der Waals surface area contributed by atoms with Gasteiger partial charge in [0.15, 0.2) is 5.60 Å². The molecular formula is C21H11ClO6. The number of phenols is 2. The molecule has 138 valence electrons. The number of aromatic hydroxyl groups is 2. The zero-order chi connectivity index (χ0) is 19.6. The van der Waals surface area contributed by atoms with Crippen molar-refractivity contribution in [2.45, 2.75) is 5.60 Å². The highest BCUT2D eigenvalue weighted by molar-refractivity contribution is 6.67. The highest BCUT2D eigenvalue weighted by Crippen LogP contribution is 2.57. The summed E-state index contributed by atoms with van der Waals surface area (Å²) in [6.45, 7) is 0. The van der Waals surface area contributed by atoms with Crippen molar-refractivity contribution in [2.75, 3.05) is 0 Å². The van der Waals surface area contributed by atoms with Gasteiger partial charge in [0.2, 0.25) is 0 Å². The SMILES string of the molecule is O=C(Cl)c1ccc2c(c1)C(=O)OC21c2ccc(O)cc2Oc2cc(O)ccc21. The van der Waals surface area contributed by atoms with Gasteiger partial charge in [-0.1, -0.05) is 6.07 Å². The highest BCUT2D eigenvalue weighted by Gasteiger charge is 2.53. The predicted octanol–water partition coefficient (Wildman–Crippen LogP) is 4.04. The lowest BCUT2D eigenvalue weighted by Gasteiger charge is -2.36. The van der Waals surface area contributed by atoms with E-state index in [-0.39, 0.29) is 34.1 Å². The van der Waals surface area contributed by atoms with Crippen LogP contribution in [0, 0.1) is 0 Å². The first-order valence-electron chi connectivity index (χ1n) is 8.33. The normalized spacial score (nSPS) is 15.2. The molecule has 2 aliphatic heterocycles. The number of phenolic OH excluding ortho intramolecular Hbond substituents is 2. The molecule has 0 fully saturated rings. The molecule has 2 aliphatic rings. The first-order valence-corrected chi connectivity index (χ1v) is 8.70. The molecule has 0 aromatic heterocycles. The molecule has 1 spiro atoms. The largest absolute Gasteiger partial charge is 0.508 e. The minimum atomic E-state index is -1.34.